The Balaban J connectivity index is 1.99. The maximum Gasteiger partial charge on any atom is 0.337 e. The van der Waals surface area contributed by atoms with E-state index in [0.717, 1.165) is 12.8 Å². The lowest BCUT2D eigenvalue weighted by Gasteiger charge is -2.31. The van der Waals surface area contributed by atoms with Crippen LogP contribution in [-0.2, 0) is 0 Å². The van der Waals surface area contributed by atoms with Crippen molar-refractivity contribution in [2.24, 2.45) is 11.8 Å². The topological polar surface area (TPSA) is 79.3 Å². The summed E-state index contributed by atoms with van der Waals surface area (Å²) in [7, 11) is 0. The molecule has 0 aromatic carbocycles. The molecule has 2 rings (SSSR count). The second-order valence-corrected chi connectivity index (χ2v) is 5.83. The number of carboxylic acid groups (broad SMARTS) is 1. The van der Waals surface area contributed by atoms with E-state index >= 15 is 0 Å². The number of carbonyl (C=O) groups excluding carboxylic acids is 1. The van der Waals surface area contributed by atoms with Crippen molar-refractivity contribution in [1.29, 1.82) is 0 Å². The van der Waals surface area contributed by atoms with E-state index in [-0.39, 0.29) is 23.2 Å². The molecule has 0 bridgehead atoms. The molecule has 1 aliphatic carbocycles. The van der Waals surface area contributed by atoms with Gasteiger partial charge in [0.05, 0.1) is 5.56 Å². The fourth-order valence-electron chi connectivity index (χ4n) is 2.98. The standard InChI is InChI=1S/C15H20N2O3/c1-9-5-10(2)7-12(6-9)17-14(18)13-4-3-11(8-16-13)15(19)20/h3-4,8-10,12H,5-7H2,1-2H3,(H,17,18)(H,19,20). The van der Waals surface area contributed by atoms with Gasteiger partial charge in [0, 0.05) is 12.2 Å². The molecule has 0 radical (unpaired) electrons. The van der Waals surface area contributed by atoms with Gasteiger partial charge < -0.3 is 10.4 Å². The fraction of sp³-hybridized carbons (Fsp3) is 0.533. The number of carbonyl (C=O) groups is 2. The lowest BCUT2D eigenvalue weighted by molar-refractivity contribution is 0.0695. The van der Waals surface area contributed by atoms with E-state index in [1.54, 1.807) is 0 Å². The van der Waals surface area contributed by atoms with E-state index in [9.17, 15) is 9.59 Å². The summed E-state index contributed by atoms with van der Waals surface area (Å²) in [5, 5.41) is 11.8. The first-order chi connectivity index (χ1) is 9.45. The van der Waals surface area contributed by atoms with Crippen molar-refractivity contribution in [3.63, 3.8) is 0 Å². The third-order valence-electron chi connectivity index (χ3n) is 3.76. The Hall–Kier alpha value is -1.91. The summed E-state index contributed by atoms with van der Waals surface area (Å²) in [5.41, 5.74) is 0.349. The molecule has 2 unspecified atom stereocenters. The maximum absolute atomic E-state index is 12.1. The van der Waals surface area contributed by atoms with Crippen molar-refractivity contribution < 1.29 is 14.7 Å². The molecule has 2 atom stereocenters. The number of amides is 1. The SMILES string of the molecule is CC1CC(C)CC(NC(=O)c2ccc(C(=O)O)cn2)C1. The van der Waals surface area contributed by atoms with Crippen LogP contribution in [0.4, 0.5) is 0 Å². The van der Waals surface area contributed by atoms with Gasteiger partial charge in [-0.05, 0) is 43.2 Å². The Morgan fingerprint density at radius 2 is 1.85 bits per heavy atom. The van der Waals surface area contributed by atoms with Crippen LogP contribution in [0, 0.1) is 11.8 Å². The number of nitrogens with zero attached hydrogens (tertiary/aromatic N) is 1. The number of rotatable bonds is 3. The molecule has 5 nitrogen and oxygen atoms in total. The Labute approximate surface area is 118 Å². The van der Waals surface area contributed by atoms with Crippen molar-refractivity contribution in [3.8, 4) is 0 Å². The van der Waals surface area contributed by atoms with Crippen molar-refractivity contribution >= 4 is 11.9 Å². The van der Waals surface area contributed by atoms with Crippen molar-refractivity contribution in [1.82, 2.24) is 10.3 Å². The molecule has 1 heterocycles. The predicted molar refractivity (Wildman–Crippen MR) is 74.6 cm³/mol. The van der Waals surface area contributed by atoms with Crippen LogP contribution in [0.25, 0.3) is 0 Å². The largest absolute Gasteiger partial charge is 0.478 e. The van der Waals surface area contributed by atoms with Gasteiger partial charge in [0.15, 0.2) is 0 Å². The van der Waals surface area contributed by atoms with Crippen LogP contribution in [0.15, 0.2) is 18.3 Å². The quantitative estimate of drug-likeness (QED) is 0.888. The van der Waals surface area contributed by atoms with E-state index < -0.39 is 5.97 Å². The van der Waals surface area contributed by atoms with Crippen LogP contribution in [0.5, 0.6) is 0 Å². The summed E-state index contributed by atoms with van der Waals surface area (Å²) in [5.74, 6) is -0.0366. The number of nitrogens with one attached hydrogen (secondary N) is 1. The molecule has 5 heteroatoms. The van der Waals surface area contributed by atoms with Crippen LogP contribution in [0.1, 0.15) is 54.0 Å². The minimum absolute atomic E-state index is 0.0847. The zero-order valence-electron chi connectivity index (χ0n) is 11.8. The second kappa shape index (κ2) is 6.03. The molecular weight excluding hydrogens is 256 g/mol. The third kappa shape index (κ3) is 3.56. The maximum atomic E-state index is 12.1. The normalized spacial score (nSPS) is 26.0. The molecule has 108 valence electrons. The summed E-state index contributed by atoms with van der Waals surface area (Å²) in [6.07, 6.45) is 4.40. The summed E-state index contributed by atoms with van der Waals surface area (Å²) >= 11 is 0. The predicted octanol–water partition coefficient (Wildman–Crippen LogP) is 2.33. The first-order valence-electron chi connectivity index (χ1n) is 6.96. The lowest BCUT2D eigenvalue weighted by Crippen LogP contribution is -2.40. The number of hydrogen-bond donors (Lipinski definition) is 2. The molecule has 20 heavy (non-hydrogen) atoms. The van der Waals surface area contributed by atoms with Gasteiger partial charge >= 0.3 is 5.97 Å². The van der Waals surface area contributed by atoms with E-state index in [1.807, 2.05) is 0 Å². The van der Waals surface area contributed by atoms with Gasteiger partial charge in [-0.2, -0.15) is 0 Å². The van der Waals surface area contributed by atoms with E-state index in [4.69, 9.17) is 5.11 Å². The average molecular weight is 276 g/mol. The lowest BCUT2D eigenvalue weighted by atomic mass is 9.80. The molecule has 1 amide bonds. The van der Waals surface area contributed by atoms with Crippen LogP contribution in [-0.4, -0.2) is 28.0 Å². The van der Waals surface area contributed by atoms with Crippen molar-refractivity contribution in [2.75, 3.05) is 0 Å². The minimum atomic E-state index is -1.04. The van der Waals surface area contributed by atoms with Gasteiger partial charge in [-0.1, -0.05) is 13.8 Å². The molecule has 1 aromatic heterocycles. The number of aromatic nitrogens is 1. The Morgan fingerprint density at radius 3 is 2.35 bits per heavy atom. The molecule has 0 aliphatic heterocycles. The van der Waals surface area contributed by atoms with Crippen molar-refractivity contribution in [2.45, 2.75) is 39.2 Å². The van der Waals surface area contributed by atoms with E-state index in [0.29, 0.717) is 11.8 Å². The molecule has 1 aromatic rings. The van der Waals surface area contributed by atoms with E-state index in [1.165, 1.54) is 24.8 Å². The highest BCUT2D eigenvalue weighted by atomic mass is 16.4. The Kier molecular flexibility index (Phi) is 4.37. The average Bonchev–Trinajstić information content (AvgIpc) is 2.37. The number of carboxylic acids is 1. The number of hydrogen-bond acceptors (Lipinski definition) is 3. The first kappa shape index (κ1) is 14.5. The molecule has 0 saturated heterocycles. The van der Waals surface area contributed by atoms with Gasteiger partial charge in [-0.25, -0.2) is 4.79 Å². The van der Waals surface area contributed by atoms with Crippen LogP contribution >= 0.6 is 0 Å². The first-order valence-corrected chi connectivity index (χ1v) is 6.96. The monoisotopic (exact) mass is 276 g/mol. The van der Waals surface area contributed by atoms with Crippen LogP contribution < -0.4 is 5.32 Å². The fourth-order valence-corrected chi connectivity index (χ4v) is 2.98. The van der Waals surface area contributed by atoms with Gasteiger partial charge in [0.2, 0.25) is 0 Å². The Bertz CT molecular complexity index is 488. The van der Waals surface area contributed by atoms with E-state index in [2.05, 4.69) is 24.1 Å². The molecule has 1 fully saturated rings. The smallest absolute Gasteiger partial charge is 0.337 e. The van der Waals surface area contributed by atoms with Gasteiger partial charge in [0.25, 0.3) is 5.91 Å². The summed E-state index contributed by atoms with van der Waals surface area (Å²) in [6, 6.07) is 3.03. The summed E-state index contributed by atoms with van der Waals surface area (Å²) in [4.78, 5) is 26.7. The number of pyridine rings is 1. The highest BCUT2D eigenvalue weighted by Crippen LogP contribution is 2.28. The molecule has 1 saturated carbocycles. The van der Waals surface area contributed by atoms with Gasteiger partial charge in [-0.15, -0.1) is 0 Å². The van der Waals surface area contributed by atoms with Gasteiger partial charge in [-0.3, -0.25) is 9.78 Å². The summed E-state index contributed by atoms with van der Waals surface area (Å²) in [6.45, 7) is 4.41. The second-order valence-electron chi connectivity index (χ2n) is 5.83. The number of aromatic carboxylic acids is 1. The zero-order chi connectivity index (χ0) is 14.7. The molecule has 1 aliphatic rings. The highest BCUT2D eigenvalue weighted by molar-refractivity contribution is 5.93. The van der Waals surface area contributed by atoms with Crippen LogP contribution in [0.3, 0.4) is 0 Å². The molecule has 2 N–H and O–H groups in total. The minimum Gasteiger partial charge on any atom is -0.478 e. The van der Waals surface area contributed by atoms with Gasteiger partial charge in [0.1, 0.15) is 5.69 Å². The zero-order valence-corrected chi connectivity index (χ0v) is 11.8. The molecule has 0 spiro atoms. The molecular formula is C15H20N2O3. The van der Waals surface area contributed by atoms with Crippen LogP contribution in [0.2, 0.25) is 0 Å². The van der Waals surface area contributed by atoms with Crippen molar-refractivity contribution in [3.05, 3.63) is 29.6 Å². The highest BCUT2D eigenvalue weighted by Gasteiger charge is 2.25. The summed E-state index contributed by atoms with van der Waals surface area (Å²) < 4.78 is 0. The third-order valence-corrected chi connectivity index (χ3v) is 3.76. The Morgan fingerprint density at radius 1 is 1.20 bits per heavy atom.